The molecule has 0 heterocycles. The molecule has 0 N–H and O–H groups in total. The molecule has 0 unspecified atom stereocenters. The number of rotatable bonds is 6. The molecule has 0 spiro atoms. The van der Waals surface area contributed by atoms with Gasteiger partial charge in [0.2, 0.25) is 0 Å². The van der Waals surface area contributed by atoms with Gasteiger partial charge in [0.1, 0.15) is 15.6 Å². The Bertz CT molecular complexity index is 556. The predicted octanol–water partition coefficient (Wildman–Crippen LogP) is 2.48. The highest BCUT2D eigenvalue weighted by Gasteiger charge is 2.02. The Hall–Kier alpha value is -1.18. The molecule has 0 bridgehead atoms. The van der Waals surface area contributed by atoms with E-state index in [1.807, 2.05) is 24.3 Å². The summed E-state index contributed by atoms with van der Waals surface area (Å²) in [7, 11) is -2.92. The van der Waals surface area contributed by atoms with E-state index in [2.05, 4.69) is 11.8 Å². The van der Waals surface area contributed by atoms with Crippen LogP contribution in [-0.4, -0.2) is 32.9 Å². The monoisotopic (exact) mass is 300 g/mol. The van der Waals surface area contributed by atoms with Crippen molar-refractivity contribution in [2.24, 2.45) is 0 Å². The van der Waals surface area contributed by atoms with Crippen LogP contribution >= 0.6 is 11.6 Å². The maximum absolute atomic E-state index is 11.0. The van der Waals surface area contributed by atoms with Crippen LogP contribution in [0.4, 0.5) is 0 Å². The van der Waals surface area contributed by atoms with Gasteiger partial charge < -0.3 is 4.74 Å². The summed E-state index contributed by atoms with van der Waals surface area (Å²) in [6.07, 6.45) is 2.36. The number of ether oxygens (including phenoxy) is 1. The summed E-state index contributed by atoms with van der Waals surface area (Å²) in [5, 5.41) is 0. The minimum atomic E-state index is -2.92. The molecule has 0 saturated heterocycles. The molecule has 0 atom stereocenters. The fraction of sp³-hybridized carbons (Fsp3) is 0.429. The van der Waals surface area contributed by atoms with Gasteiger partial charge in [-0.3, -0.25) is 0 Å². The molecular formula is C14H17ClO3S. The lowest BCUT2D eigenvalue weighted by Crippen LogP contribution is -2.07. The number of halogens is 1. The highest BCUT2D eigenvalue weighted by Crippen LogP contribution is 2.13. The van der Waals surface area contributed by atoms with Gasteiger partial charge in [0.15, 0.2) is 0 Å². The summed E-state index contributed by atoms with van der Waals surface area (Å²) >= 11 is 5.54. The van der Waals surface area contributed by atoms with Gasteiger partial charge in [-0.05, 0) is 24.6 Å². The fourth-order valence-corrected chi connectivity index (χ4v) is 2.12. The molecule has 1 rings (SSSR count). The van der Waals surface area contributed by atoms with Crippen LogP contribution in [0.15, 0.2) is 24.3 Å². The van der Waals surface area contributed by atoms with Crippen molar-refractivity contribution in [1.29, 1.82) is 0 Å². The van der Waals surface area contributed by atoms with Gasteiger partial charge >= 0.3 is 0 Å². The van der Waals surface area contributed by atoms with Crippen LogP contribution in [-0.2, 0) is 9.84 Å². The van der Waals surface area contributed by atoms with Gasteiger partial charge in [0.25, 0.3) is 0 Å². The molecule has 19 heavy (non-hydrogen) atoms. The molecule has 3 nitrogen and oxygen atoms in total. The smallest absolute Gasteiger partial charge is 0.147 e. The Morgan fingerprint density at radius 3 is 2.84 bits per heavy atom. The van der Waals surface area contributed by atoms with Crippen molar-refractivity contribution < 1.29 is 13.2 Å². The summed E-state index contributed by atoms with van der Waals surface area (Å²) in [6, 6.07) is 7.41. The Balaban J connectivity index is 2.47. The van der Waals surface area contributed by atoms with E-state index in [0.29, 0.717) is 31.1 Å². The van der Waals surface area contributed by atoms with Crippen molar-refractivity contribution in [2.45, 2.75) is 12.8 Å². The van der Waals surface area contributed by atoms with Crippen LogP contribution in [0.1, 0.15) is 18.4 Å². The number of hydrogen-bond acceptors (Lipinski definition) is 3. The predicted molar refractivity (Wildman–Crippen MR) is 78.5 cm³/mol. The highest BCUT2D eigenvalue weighted by atomic mass is 35.5. The lowest BCUT2D eigenvalue weighted by molar-refractivity contribution is 0.317. The second-order valence-corrected chi connectivity index (χ2v) is 6.74. The van der Waals surface area contributed by atoms with Crippen molar-refractivity contribution in [3.8, 4) is 17.6 Å². The third-order valence-corrected chi connectivity index (χ3v) is 3.43. The number of sulfone groups is 1. The quantitative estimate of drug-likeness (QED) is 0.460. The third-order valence-electron chi connectivity index (χ3n) is 2.21. The Labute approximate surface area is 119 Å². The lowest BCUT2D eigenvalue weighted by atomic mass is 10.2. The average molecular weight is 301 g/mol. The van der Waals surface area contributed by atoms with Crippen LogP contribution in [0.5, 0.6) is 5.75 Å². The molecule has 0 amide bonds. The van der Waals surface area contributed by atoms with E-state index in [-0.39, 0.29) is 5.75 Å². The van der Waals surface area contributed by atoms with E-state index in [9.17, 15) is 8.42 Å². The van der Waals surface area contributed by atoms with Crippen LogP contribution in [0, 0.1) is 11.8 Å². The zero-order valence-electron chi connectivity index (χ0n) is 10.9. The van der Waals surface area contributed by atoms with E-state index in [1.165, 1.54) is 6.26 Å². The Kier molecular flexibility index (Phi) is 6.75. The molecule has 0 aliphatic rings. The molecule has 0 aliphatic heterocycles. The molecule has 0 fully saturated rings. The first kappa shape index (κ1) is 15.9. The first-order valence-electron chi connectivity index (χ1n) is 5.97. The normalized spacial score (nSPS) is 10.6. The zero-order valence-corrected chi connectivity index (χ0v) is 12.4. The number of alkyl halides is 1. The molecule has 0 aromatic heterocycles. The molecule has 104 valence electrons. The minimum absolute atomic E-state index is 0.141. The van der Waals surface area contributed by atoms with Crippen LogP contribution < -0.4 is 4.74 Å². The van der Waals surface area contributed by atoms with E-state index < -0.39 is 9.84 Å². The minimum Gasteiger partial charge on any atom is -0.494 e. The standard InChI is InChI=1S/C14H17ClO3S/c1-19(16,17)11-5-10-18-14-8-4-7-13(12-14)6-2-3-9-15/h4,7-8,12H,3,5,9-11H2,1H3. The van der Waals surface area contributed by atoms with Crippen molar-refractivity contribution in [1.82, 2.24) is 0 Å². The van der Waals surface area contributed by atoms with E-state index in [0.717, 1.165) is 5.56 Å². The topological polar surface area (TPSA) is 43.4 Å². The summed E-state index contributed by atoms with van der Waals surface area (Å²) in [4.78, 5) is 0. The molecule has 0 radical (unpaired) electrons. The first-order chi connectivity index (χ1) is 9.01. The second kappa shape index (κ2) is 8.08. The maximum Gasteiger partial charge on any atom is 0.147 e. The largest absolute Gasteiger partial charge is 0.494 e. The lowest BCUT2D eigenvalue weighted by Gasteiger charge is -2.05. The van der Waals surface area contributed by atoms with Crippen LogP contribution in [0.3, 0.4) is 0 Å². The third kappa shape index (κ3) is 7.76. The average Bonchev–Trinajstić information content (AvgIpc) is 2.35. The molecule has 5 heteroatoms. The first-order valence-corrected chi connectivity index (χ1v) is 8.56. The molecule has 1 aromatic rings. The van der Waals surface area contributed by atoms with Gasteiger partial charge in [-0.15, -0.1) is 11.6 Å². The maximum atomic E-state index is 11.0. The number of benzene rings is 1. The molecule has 0 aliphatic carbocycles. The van der Waals surface area contributed by atoms with Gasteiger partial charge in [0.05, 0.1) is 12.4 Å². The van der Waals surface area contributed by atoms with Crippen molar-refractivity contribution >= 4 is 21.4 Å². The van der Waals surface area contributed by atoms with E-state index >= 15 is 0 Å². The summed E-state index contributed by atoms with van der Waals surface area (Å²) < 4.78 is 27.4. The molecule has 1 aromatic carbocycles. The number of hydrogen-bond donors (Lipinski definition) is 0. The van der Waals surface area contributed by atoms with Gasteiger partial charge in [-0.1, -0.05) is 17.9 Å². The fourth-order valence-electron chi connectivity index (χ4n) is 1.39. The van der Waals surface area contributed by atoms with E-state index in [4.69, 9.17) is 16.3 Å². The van der Waals surface area contributed by atoms with Gasteiger partial charge in [-0.2, -0.15) is 0 Å². The van der Waals surface area contributed by atoms with Gasteiger partial charge in [-0.25, -0.2) is 8.42 Å². The SMILES string of the molecule is CS(=O)(=O)CCCOc1cccc(C#CCCCl)c1. The van der Waals surface area contributed by atoms with Crippen molar-refractivity contribution in [3.63, 3.8) is 0 Å². The van der Waals surface area contributed by atoms with Gasteiger partial charge in [0, 0.05) is 24.1 Å². The zero-order chi connectivity index (χ0) is 14.1. The summed E-state index contributed by atoms with van der Waals surface area (Å²) in [5.41, 5.74) is 0.866. The van der Waals surface area contributed by atoms with Crippen LogP contribution in [0.25, 0.3) is 0 Å². The molecular weight excluding hydrogens is 284 g/mol. The Morgan fingerprint density at radius 2 is 2.16 bits per heavy atom. The second-order valence-electron chi connectivity index (χ2n) is 4.10. The van der Waals surface area contributed by atoms with Crippen molar-refractivity contribution in [2.75, 3.05) is 24.5 Å². The summed E-state index contributed by atoms with van der Waals surface area (Å²) in [5.74, 6) is 7.30. The Morgan fingerprint density at radius 1 is 1.37 bits per heavy atom. The summed E-state index contributed by atoms with van der Waals surface area (Å²) in [6.45, 7) is 0.381. The molecule has 0 saturated carbocycles. The van der Waals surface area contributed by atoms with E-state index in [1.54, 1.807) is 0 Å². The van der Waals surface area contributed by atoms with Crippen LogP contribution in [0.2, 0.25) is 0 Å². The highest BCUT2D eigenvalue weighted by molar-refractivity contribution is 7.90. The van der Waals surface area contributed by atoms with Crippen molar-refractivity contribution in [3.05, 3.63) is 29.8 Å².